The number of hydrogen-bond acceptors (Lipinski definition) is 4. The van der Waals surface area contributed by atoms with Gasteiger partial charge in [0.1, 0.15) is 6.04 Å². The van der Waals surface area contributed by atoms with Gasteiger partial charge in [0.25, 0.3) is 0 Å². The number of benzene rings is 1. The summed E-state index contributed by atoms with van der Waals surface area (Å²) >= 11 is 0. The molecule has 20 heavy (non-hydrogen) atoms. The van der Waals surface area contributed by atoms with Gasteiger partial charge in [0.05, 0.1) is 6.61 Å². The van der Waals surface area contributed by atoms with Crippen molar-refractivity contribution in [3.05, 3.63) is 29.8 Å². The van der Waals surface area contributed by atoms with Crippen LogP contribution in [-0.4, -0.2) is 66.2 Å². The summed E-state index contributed by atoms with van der Waals surface area (Å²) in [6, 6.07) is 8.00. The summed E-state index contributed by atoms with van der Waals surface area (Å²) in [6.07, 6.45) is 0.784. The fourth-order valence-electron chi connectivity index (χ4n) is 3.00. The predicted molar refractivity (Wildman–Crippen MR) is 77.7 cm³/mol. The normalized spacial score (nSPS) is 22.4. The van der Waals surface area contributed by atoms with Crippen molar-refractivity contribution in [3.63, 3.8) is 0 Å². The lowest BCUT2D eigenvalue weighted by Crippen LogP contribution is -2.52. The Morgan fingerprint density at radius 1 is 1.25 bits per heavy atom. The summed E-state index contributed by atoms with van der Waals surface area (Å²) in [5.41, 5.74) is 2.31. The maximum Gasteiger partial charge on any atom is 0.245 e. The van der Waals surface area contributed by atoms with Crippen molar-refractivity contribution >= 4 is 11.6 Å². The molecule has 3 rings (SSSR count). The van der Waals surface area contributed by atoms with E-state index < -0.39 is 0 Å². The molecule has 1 aromatic carbocycles. The monoisotopic (exact) mass is 275 g/mol. The summed E-state index contributed by atoms with van der Waals surface area (Å²) in [6.45, 7) is 4.11. The Bertz CT molecular complexity index is 459. The van der Waals surface area contributed by atoms with E-state index in [0.717, 1.165) is 38.3 Å². The number of hydrogen-bond donors (Lipinski definition) is 2. The molecule has 1 saturated heterocycles. The van der Waals surface area contributed by atoms with Crippen LogP contribution in [0.2, 0.25) is 0 Å². The molecule has 1 fully saturated rings. The molecule has 0 aliphatic carbocycles. The molecule has 0 spiro atoms. The SMILES string of the molecule is O=C(C1Cc2ccccc2N1)N1CCN(CCO)CC1. The fourth-order valence-corrected chi connectivity index (χ4v) is 3.00. The van der Waals surface area contributed by atoms with Gasteiger partial charge in [0, 0.05) is 44.8 Å². The second-order valence-corrected chi connectivity index (χ2v) is 5.45. The highest BCUT2D eigenvalue weighted by molar-refractivity contribution is 5.87. The lowest BCUT2D eigenvalue weighted by molar-refractivity contribution is -0.133. The summed E-state index contributed by atoms with van der Waals surface area (Å²) in [7, 11) is 0. The molecule has 2 heterocycles. The molecule has 5 nitrogen and oxygen atoms in total. The van der Waals surface area contributed by atoms with Gasteiger partial charge in [-0.25, -0.2) is 0 Å². The number of piperazine rings is 1. The Hall–Kier alpha value is -1.59. The van der Waals surface area contributed by atoms with Gasteiger partial charge in [-0.1, -0.05) is 18.2 Å². The molecule has 1 unspecified atom stereocenters. The van der Waals surface area contributed by atoms with Crippen molar-refractivity contribution < 1.29 is 9.90 Å². The van der Waals surface area contributed by atoms with Crippen molar-refractivity contribution in [3.8, 4) is 0 Å². The maximum atomic E-state index is 12.5. The summed E-state index contributed by atoms with van der Waals surface area (Å²) < 4.78 is 0. The van der Waals surface area contributed by atoms with Gasteiger partial charge in [0.2, 0.25) is 5.91 Å². The van der Waals surface area contributed by atoms with E-state index in [-0.39, 0.29) is 18.6 Å². The molecule has 2 N–H and O–H groups in total. The third-order valence-electron chi connectivity index (χ3n) is 4.17. The van der Waals surface area contributed by atoms with Gasteiger partial charge >= 0.3 is 0 Å². The Morgan fingerprint density at radius 2 is 2.00 bits per heavy atom. The molecule has 1 amide bonds. The lowest BCUT2D eigenvalue weighted by Gasteiger charge is -2.35. The van der Waals surface area contributed by atoms with Crippen LogP contribution >= 0.6 is 0 Å². The summed E-state index contributed by atoms with van der Waals surface area (Å²) in [5, 5.41) is 12.3. The minimum Gasteiger partial charge on any atom is -0.395 e. The van der Waals surface area contributed by atoms with Gasteiger partial charge in [-0.15, -0.1) is 0 Å². The van der Waals surface area contributed by atoms with Crippen LogP contribution in [0, 0.1) is 0 Å². The Balaban J connectivity index is 1.56. The third-order valence-corrected chi connectivity index (χ3v) is 4.17. The quantitative estimate of drug-likeness (QED) is 0.825. The van der Waals surface area contributed by atoms with Crippen LogP contribution in [0.15, 0.2) is 24.3 Å². The van der Waals surface area contributed by atoms with Crippen molar-refractivity contribution in [1.29, 1.82) is 0 Å². The van der Waals surface area contributed by atoms with Crippen molar-refractivity contribution in [2.24, 2.45) is 0 Å². The number of rotatable bonds is 3. The van der Waals surface area contributed by atoms with E-state index in [0.29, 0.717) is 6.54 Å². The number of carbonyl (C=O) groups is 1. The number of carbonyl (C=O) groups excluding carboxylic acids is 1. The molecule has 5 heteroatoms. The van der Waals surface area contributed by atoms with Gasteiger partial charge in [-0.2, -0.15) is 0 Å². The lowest BCUT2D eigenvalue weighted by atomic mass is 10.1. The molecule has 2 aliphatic heterocycles. The molecule has 0 aromatic heterocycles. The molecule has 2 aliphatic rings. The van der Waals surface area contributed by atoms with E-state index in [1.807, 2.05) is 23.1 Å². The van der Waals surface area contributed by atoms with Gasteiger partial charge < -0.3 is 15.3 Å². The molecule has 0 saturated carbocycles. The first-order valence-electron chi connectivity index (χ1n) is 7.24. The van der Waals surface area contributed by atoms with E-state index in [4.69, 9.17) is 5.11 Å². The second kappa shape index (κ2) is 5.81. The third kappa shape index (κ3) is 2.64. The summed E-state index contributed by atoms with van der Waals surface area (Å²) in [4.78, 5) is 16.7. The number of amides is 1. The first kappa shape index (κ1) is 13.4. The number of aliphatic hydroxyl groups is 1. The average Bonchev–Trinajstić information content (AvgIpc) is 2.91. The van der Waals surface area contributed by atoms with Crippen molar-refractivity contribution in [2.45, 2.75) is 12.5 Å². The highest BCUT2D eigenvalue weighted by Crippen LogP contribution is 2.26. The standard InChI is InChI=1S/C15H21N3O2/c19-10-9-17-5-7-18(8-6-17)15(20)14-11-12-3-1-2-4-13(12)16-14/h1-4,14,16,19H,5-11H2. The fraction of sp³-hybridized carbons (Fsp3) is 0.533. The zero-order valence-corrected chi connectivity index (χ0v) is 11.6. The van der Waals surface area contributed by atoms with Crippen LogP contribution < -0.4 is 5.32 Å². The van der Waals surface area contributed by atoms with Crippen LogP contribution in [-0.2, 0) is 11.2 Å². The number of nitrogens with one attached hydrogen (secondary N) is 1. The van der Waals surface area contributed by atoms with Crippen LogP contribution in [0.1, 0.15) is 5.56 Å². The average molecular weight is 275 g/mol. The van der Waals surface area contributed by atoms with Crippen molar-refractivity contribution in [1.82, 2.24) is 9.80 Å². The highest BCUT2D eigenvalue weighted by Gasteiger charge is 2.31. The predicted octanol–water partition coefficient (Wildman–Crippen LogP) is 0.160. The Kier molecular flexibility index (Phi) is 3.89. The minimum atomic E-state index is -0.114. The van der Waals surface area contributed by atoms with Crippen molar-refractivity contribution in [2.75, 3.05) is 44.6 Å². The zero-order valence-electron chi connectivity index (χ0n) is 11.6. The van der Waals surface area contributed by atoms with E-state index in [1.54, 1.807) is 0 Å². The van der Waals surface area contributed by atoms with Crippen LogP contribution in [0.4, 0.5) is 5.69 Å². The molecule has 0 radical (unpaired) electrons. The molecular formula is C15H21N3O2. The maximum absolute atomic E-state index is 12.5. The largest absolute Gasteiger partial charge is 0.395 e. The van der Waals surface area contributed by atoms with Gasteiger partial charge in [0.15, 0.2) is 0 Å². The van der Waals surface area contributed by atoms with Crippen LogP contribution in [0.3, 0.4) is 0 Å². The molecule has 0 bridgehead atoms. The molecule has 1 aromatic rings. The Morgan fingerprint density at radius 3 is 2.70 bits per heavy atom. The Labute approximate surface area is 119 Å². The van der Waals surface area contributed by atoms with Crippen LogP contribution in [0.25, 0.3) is 0 Å². The smallest absolute Gasteiger partial charge is 0.245 e. The molecule has 108 valence electrons. The number of anilines is 1. The highest BCUT2D eigenvalue weighted by atomic mass is 16.3. The number of β-amino-alcohol motifs (C(OH)–C–C–N with tert-alkyl or cyclic N) is 1. The number of para-hydroxylation sites is 1. The molecule has 1 atom stereocenters. The topological polar surface area (TPSA) is 55.8 Å². The first-order valence-corrected chi connectivity index (χ1v) is 7.24. The molecular weight excluding hydrogens is 254 g/mol. The van der Waals surface area contributed by atoms with Crippen LogP contribution in [0.5, 0.6) is 0 Å². The number of fused-ring (bicyclic) bond motifs is 1. The van der Waals surface area contributed by atoms with E-state index >= 15 is 0 Å². The number of nitrogens with zero attached hydrogens (tertiary/aromatic N) is 2. The van der Waals surface area contributed by atoms with E-state index in [1.165, 1.54) is 5.56 Å². The minimum absolute atomic E-state index is 0.114. The second-order valence-electron chi connectivity index (χ2n) is 5.45. The van der Waals surface area contributed by atoms with E-state index in [2.05, 4.69) is 16.3 Å². The zero-order chi connectivity index (χ0) is 13.9. The number of aliphatic hydroxyl groups excluding tert-OH is 1. The summed E-state index contributed by atoms with van der Waals surface area (Å²) in [5.74, 6) is 0.199. The van der Waals surface area contributed by atoms with E-state index in [9.17, 15) is 4.79 Å². The first-order chi connectivity index (χ1) is 9.78. The van der Waals surface area contributed by atoms with Gasteiger partial charge in [-0.05, 0) is 11.6 Å². The van der Waals surface area contributed by atoms with Gasteiger partial charge in [-0.3, -0.25) is 9.69 Å².